The zero-order chi connectivity index (χ0) is 17.9. The van der Waals surface area contributed by atoms with Gasteiger partial charge in [-0.1, -0.05) is 62.3 Å². The first-order chi connectivity index (χ1) is 12.1. The minimum atomic E-state index is 0.0391. The van der Waals surface area contributed by atoms with Crippen molar-refractivity contribution in [1.82, 2.24) is 5.32 Å². The van der Waals surface area contributed by atoms with E-state index < -0.39 is 0 Å². The molecule has 1 nitrogen and oxygen atoms in total. The molecule has 138 valence electrons. The quantitative estimate of drug-likeness (QED) is 0.480. The van der Waals surface area contributed by atoms with Crippen LogP contribution in [0.5, 0.6) is 0 Å². The Bertz CT molecular complexity index is 582. The lowest BCUT2D eigenvalue weighted by atomic mass is 9.82. The van der Waals surface area contributed by atoms with Crippen molar-refractivity contribution in [3.63, 3.8) is 0 Å². The molecule has 1 N–H and O–H groups in total. The van der Waals surface area contributed by atoms with Crippen molar-refractivity contribution >= 4 is 0 Å². The molecule has 0 radical (unpaired) electrons. The van der Waals surface area contributed by atoms with E-state index in [2.05, 4.69) is 45.2 Å². The summed E-state index contributed by atoms with van der Waals surface area (Å²) >= 11 is 0. The van der Waals surface area contributed by atoms with E-state index in [1.54, 1.807) is 33.4 Å². The van der Waals surface area contributed by atoms with Gasteiger partial charge in [-0.3, -0.25) is 0 Å². The van der Waals surface area contributed by atoms with Crippen LogP contribution in [0.15, 0.2) is 45.6 Å². The molecule has 0 bridgehead atoms. The van der Waals surface area contributed by atoms with Gasteiger partial charge in [-0.25, -0.2) is 0 Å². The van der Waals surface area contributed by atoms with Gasteiger partial charge in [-0.2, -0.15) is 0 Å². The summed E-state index contributed by atoms with van der Waals surface area (Å²) < 4.78 is 0. The Labute approximate surface area is 155 Å². The first-order valence-electron chi connectivity index (χ1n) is 10.6. The summed E-state index contributed by atoms with van der Waals surface area (Å²) in [5.41, 5.74) is 9.64. The van der Waals surface area contributed by atoms with Crippen LogP contribution in [0.1, 0.15) is 91.9 Å². The Morgan fingerprint density at radius 1 is 0.800 bits per heavy atom. The molecule has 3 rings (SSSR count). The minimum Gasteiger partial charge on any atom is -0.304 e. The van der Waals surface area contributed by atoms with Gasteiger partial charge in [0.25, 0.3) is 0 Å². The zero-order valence-electron chi connectivity index (χ0n) is 16.9. The number of hydrogen-bond acceptors (Lipinski definition) is 1. The van der Waals surface area contributed by atoms with E-state index >= 15 is 0 Å². The van der Waals surface area contributed by atoms with Gasteiger partial charge in [0.2, 0.25) is 0 Å². The Kier molecular flexibility index (Phi) is 6.04. The van der Waals surface area contributed by atoms with E-state index in [0.717, 1.165) is 6.54 Å². The van der Waals surface area contributed by atoms with Crippen molar-refractivity contribution < 1.29 is 0 Å². The van der Waals surface area contributed by atoms with Crippen LogP contribution < -0.4 is 5.32 Å². The van der Waals surface area contributed by atoms with E-state index in [-0.39, 0.29) is 5.54 Å². The summed E-state index contributed by atoms with van der Waals surface area (Å²) in [5, 5.41) is 3.98. The summed E-state index contributed by atoms with van der Waals surface area (Å²) in [4.78, 5) is 0. The second-order valence-corrected chi connectivity index (χ2v) is 8.59. The molecule has 0 aliphatic heterocycles. The van der Waals surface area contributed by atoms with E-state index in [4.69, 9.17) is 0 Å². The standard InChI is InChI=1S/C24H37N/c1-5-6-7-8-9-10-15-25-24(4)22-16-18(2)11-13-20(22)21-14-12-19(3)17-23(21)24/h16-17,25H,5-15H2,1-4H3. The highest BCUT2D eigenvalue weighted by Crippen LogP contribution is 2.50. The number of unbranched alkanes of at least 4 members (excludes halogenated alkanes) is 5. The third kappa shape index (κ3) is 3.87. The fraction of sp³-hybridized carbons (Fsp3) is 0.667. The number of fused-ring (bicyclic) bond motifs is 1. The Hall–Kier alpha value is -1.08. The van der Waals surface area contributed by atoms with E-state index in [9.17, 15) is 0 Å². The largest absolute Gasteiger partial charge is 0.304 e. The first-order valence-corrected chi connectivity index (χ1v) is 10.6. The SMILES string of the molecule is CCCCCCCCNC1(C)C2=C(CCC(C)=C2)C2=C1C=C(C)CC2. The lowest BCUT2D eigenvalue weighted by Gasteiger charge is -2.33. The number of nitrogens with one attached hydrogen (secondary N) is 1. The molecule has 0 saturated heterocycles. The summed E-state index contributed by atoms with van der Waals surface area (Å²) in [7, 11) is 0. The molecule has 0 aromatic heterocycles. The van der Waals surface area contributed by atoms with Crippen LogP contribution >= 0.6 is 0 Å². The molecule has 0 unspecified atom stereocenters. The van der Waals surface area contributed by atoms with Crippen LogP contribution in [-0.2, 0) is 0 Å². The molecule has 0 fully saturated rings. The second-order valence-electron chi connectivity index (χ2n) is 8.59. The van der Waals surface area contributed by atoms with Gasteiger partial charge in [0.1, 0.15) is 0 Å². The Balaban J connectivity index is 1.71. The zero-order valence-corrected chi connectivity index (χ0v) is 16.9. The van der Waals surface area contributed by atoms with Crippen molar-refractivity contribution in [3.05, 3.63) is 45.6 Å². The average molecular weight is 340 g/mol. The van der Waals surface area contributed by atoms with Gasteiger partial charge in [-0.15, -0.1) is 0 Å². The topological polar surface area (TPSA) is 12.0 Å². The maximum atomic E-state index is 3.98. The van der Waals surface area contributed by atoms with Gasteiger partial charge < -0.3 is 5.32 Å². The normalized spacial score (nSPS) is 21.9. The van der Waals surface area contributed by atoms with E-state index in [1.165, 1.54) is 64.2 Å². The number of rotatable bonds is 8. The van der Waals surface area contributed by atoms with Crippen molar-refractivity contribution in [2.75, 3.05) is 6.54 Å². The molecular weight excluding hydrogens is 302 g/mol. The molecular formula is C24H37N. The molecule has 0 amide bonds. The fourth-order valence-electron chi connectivity index (χ4n) is 4.82. The molecule has 0 heterocycles. The molecule has 3 aliphatic carbocycles. The number of hydrogen-bond donors (Lipinski definition) is 1. The lowest BCUT2D eigenvalue weighted by molar-refractivity contribution is 0.470. The lowest BCUT2D eigenvalue weighted by Crippen LogP contribution is -2.45. The maximum Gasteiger partial charge on any atom is 0.0667 e. The van der Waals surface area contributed by atoms with Gasteiger partial charge in [0, 0.05) is 0 Å². The molecule has 0 aromatic carbocycles. The second kappa shape index (κ2) is 8.08. The predicted molar refractivity (Wildman–Crippen MR) is 110 cm³/mol. The smallest absolute Gasteiger partial charge is 0.0667 e. The summed E-state index contributed by atoms with van der Waals surface area (Å²) in [6, 6.07) is 0. The molecule has 0 saturated carbocycles. The van der Waals surface area contributed by atoms with Crippen molar-refractivity contribution in [1.29, 1.82) is 0 Å². The summed E-state index contributed by atoms with van der Waals surface area (Å²) in [6.07, 6.45) is 18.2. The van der Waals surface area contributed by atoms with Gasteiger partial charge >= 0.3 is 0 Å². The average Bonchev–Trinajstić information content (AvgIpc) is 2.83. The molecule has 0 aromatic rings. The van der Waals surface area contributed by atoms with Crippen LogP contribution in [0, 0.1) is 0 Å². The number of allylic oxidation sites excluding steroid dienone is 4. The fourth-order valence-corrected chi connectivity index (χ4v) is 4.82. The Morgan fingerprint density at radius 3 is 1.88 bits per heavy atom. The van der Waals surface area contributed by atoms with Crippen LogP contribution in [0.4, 0.5) is 0 Å². The highest BCUT2D eigenvalue weighted by Gasteiger charge is 2.42. The van der Waals surface area contributed by atoms with Crippen LogP contribution in [0.3, 0.4) is 0 Å². The highest BCUT2D eigenvalue weighted by atomic mass is 15.0. The van der Waals surface area contributed by atoms with E-state index in [1.807, 2.05) is 0 Å². The van der Waals surface area contributed by atoms with E-state index in [0.29, 0.717) is 0 Å². The first kappa shape index (κ1) is 18.7. The monoisotopic (exact) mass is 339 g/mol. The Morgan fingerprint density at radius 2 is 1.32 bits per heavy atom. The molecule has 1 heteroatoms. The van der Waals surface area contributed by atoms with Crippen LogP contribution in [0.2, 0.25) is 0 Å². The van der Waals surface area contributed by atoms with Crippen molar-refractivity contribution in [2.45, 2.75) is 97.4 Å². The highest BCUT2D eigenvalue weighted by molar-refractivity contribution is 5.66. The summed E-state index contributed by atoms with van der Waals surface area (Å²) in [6.45, 7) is 10.5. The van der Waals surface area contributed by atoms with Gasteiger partial charge in [-0.05, 0) is 81.7 Å². The molecule has 0 spiro atoms. The molecule has 0 atom stereocenters. The molecule has 25 heavy (non-hydrogen) atoms. The van der Waals surface area contributed by atoms with Gasteiger partial charge in [0.15, 0.2) is 0 Å². The van der Waals surface area contributed by atoms with Gasteiger partial charge in [0.05, 0.1) is 5.54 Å². The maximum absolute atomic E-state index is 3.98. The van der Waals surface area contributed by atoms with Crippen molar-refractivity contribution in [2.24, 2.45) is 0 Å². The molecule has 3 aliphatic rings. The predicted octanol–water partition coefficient (Wildman–Crippen LogP) is 6.78. The van der Waals surface area contributed by atoms with Crippen LogP contribution in [-0.4, -0.2) is 12.1 Å². The summed E-state index contributed by atoms with van der Waals surface area (Å²) in [5.74, 6) is 0. The third-order valence-corrected chi connectivity index (χ3v) is 6.42. The van der Waals surface area contributed by atoms with Crippen molar-refractivity contribution in [3.8, 4) is 0 Å². The van der Waals surface area contributed by atoms with Crippen LogP contribution in [0.25, 0.3) is 0 Å². The minimum absolute atomic E-state index is 0.0391. The third-order valence-electron chi connectivity index (χ3n) is 6.42.